The van der Waals surface area contributed by atoms with E-state index in [2.05, 4.69) is 21.0 Å². The lowest BCUT2D eigenvalue weighted by Crippen LogP contribution is -2.36. The molecule has 1 saturated heterocycles. The molecule has 0 radical (unpaired) electrons. The van der Waals surface area contributed by atoms with Gasteiger partial charge in [-0.2, -0.15) is 5.10 Å². The molecule has 1 fully saturated rings. The van der Waals surface area contributed by atoms with Crippen molar-refractivity contribution < 1.29 is 14.4 Å². The molecule has 0 bridgehead atoms. The number of aromatic nitrogens is 3. The van der Waals surface area contributed by atoms with Crippen LogP contribution >= 0.6 is 0 Å². The maximum absolute atomic E-state index is 12.1. The Bertz CT molecular complexity index is 721. The number of hydrogen-bond acceptors (Lipinski definition) is 5. The molecule has 3 N–H and O–H groups in total. The Labute approximate surface area is 137 Å². The van der Waals surface area contributed by atoms with E-state index in [0.717, 1.165) is 31.6 Å². The van der Waals surface area contributed by atoms with Crippen molar-refractivity contribution in [3.63, 3.8) is 0 Å². The van der Waals surface area contributed by atoms with Crippen LogP contribution in [-0.4, -0.2) is 44.8 Å². The van der Waals surface area contributed by atoms with E-state index in [1.54, 1.807) is 4.57 Å². The third kappa shape index (κ3) is 3.47. The summed E-state index contributed by atoms with van der Waals surface area (Å²) in [5.41, 5.74) is -0.0960. The van der Waals surface area contributed by atoms with Crippen LogP contribution in [0.2, 0.25) is 0 Å². The molecule has 1 aromatic rings. The molecule has 2 aliphatic heterocycles. The highest BCUT2D eigenvalue weighted by Crippen LogP contribution is 2.09. The van der Waals surface area contributed by atoms with Crippen molar-refractivity contribution >= 4 is 17.8 Å². The first kappa shape index (κ1) is 16.2. The second-order valence-corrected chi connectivity index (χ2v) is 5.95. The van der Waals surface area contributed by atoms with Gasteiger partial charge in [0.05, 0.1) is 6.42 Å². The van der Waals surface area contributed by atoms with Gasteiger partial charge >= 0.3 is 11.7 Å². The van der Waals surface area contributed by atoms with Gasteiger partial charge in [-0.05, 0) is 19.3 Å². The van der Waals surface area contributed by atoms with Gasteiger partial charge in [0.2, 0.25) is 5.91 Å². The zero-order valence-electron chi connectivity index (χ0n) is 13.2. The van der Waals surface area contributed by atoms with E-state index >= 15 is 0 Å². The molecule has 1 atom stereocenters. The summed E-state index contributed by atoms with van der Waals surface area (Å²) in [6.07, 6.45) is 3.34. The van der Waals surface area contributed by atoms with Gasteiger partial charge in [0.25, 0.3) is 5.91 Å². The summed E-state index contributed by atoms with van der Waals surface area (Å²) >= 11 is 0. The maximum atomic E-state index is 12.1. The van der Waals surface area contributed by atoms with Crippen molar-refractivity contribution in [1.82, 2.24) is 30.3 Å². The molecule has 3 rings (SSSR count). The van der Waals surface area contributed by atoms with Gasteiger partial charge in [0, 0.05) is 26.1 Å². The first-order chi connectivity index (χ1) is 11.5. The van der Waals surface area contributed by atoms with E-state index in [1.807, 2.05) is 0 Å². The fourth-order valence-electron chi connectivity index (χ4n) is 2.91. The molecule has 0 saturated carbocycles. The molecule has 1 aromatic heterocycles. The minimum absolute atomic E-state index is 0.0960. The third-order valence-electron chi connectivity index (χ3n) is 4.15. The van der Waals surface area contributed by atoms with Gasteiger partial charge in [-0.3, -0.25) is 19.5 Å². The third-order valence-corrected chi connectivity index (χ3v) is 4.15. The van der Waals surface area contributed by atoms with Gasteiger partial charge in [-0.25, -0.2) is 14.3 Å². The van der Waals surface area contributed by atoms with Crippen LogP contribution in [0.5, 0.6) is 0 Å². The van der Waals surface area contributed by atoms with Crippen LogP contribution in [0.15, 0.2) is 4.79 Å². The van der Waals surface area contributed by atoms with Gasteiger partial charge in [0.1, 0.15) is 11.9 Å². The number of carbonyl (C=O) groups is 3. The van der Waals surface area contributed by atoms with E-state index in [9.17, 15) is 19.2 Å². The smallest absolute Gasteiger partial charge is 0.345 e. The fourth-order valence-corrected chi connectivity index (χ4v) is 2.91. The van der Waals surface area contributed by atoms with Gasteiger partial charge in [-0.1, -0.05) is 0 Å². The minimum atomic E-state index is -0.819. The number of rotatable bonds is 6. The Morgan fingerprint density at radius 3 is 2.83 bits per heavy atom. The zero-order chi connectivity index (χ0) is 17.1. The highest BCUT2D eigenvalue weighted by Gasteiger charge is 2.31. The molecule has 10 heteroatoms. The quantitative estimate of drug-likeness (QED) is 0.430. The number of fused-ring (bicyclic) bond motifs is 1. The van der Waals surface area contributed by atoms with Crippen molar-refractivity contribution in [2.45, 2.75) is 51.2 Å². The average Bonchev–Trinajstić information content (AvgIpc) is 3.04. The Morgan fingerprint density at radius 2 is 2.12 bits per heavy atom. The first-order valence-electron chi connectivity index (χ1n) is 8.09. The number of nitrogens with one attached hydrogen (secondary N) is 3. The highest BCUT2D eigenvalue weighted by atomic mass is 16.2. The summed E-state index contributed by atoms with van der Waals surface area (Å²) in [7, 11) is 0. The largest absolute Gasteiger partial charge is 0.356 e. The van der Waals surface area contributed by atoms with Crippen LogP contribution in [0.1, 0.15) is 31.5 Å². The lowest BCUT2D eigenvalue weighted by molar-refractivity contribution is -0.126. The summed E-state index contributed by atoms with van der Waals surface area (Å²) in [5, 5.41) is 11.4. The highest BCUT2D eigenvalue weighted by molar-refractivity contribution is 6.05. The van der Waals surface area contributed by atoms with Crippen molar-refractivity contribution in [2.24, 2.45) is 0 Å². The zero-order valence-corrected chi connectivity index (χ0v) is 13.2. The summed E-state index contributed by atoms with van der Waals surface area (Å²) in [5.74, 6) is 0.0115. The molecule has 24 heavy (non-hydrogen) atoms. The fraction of sp³-hybridized carbons (Fsp3) is 0.643. The Kier molecular flexibility index (Phi) is 4.63. The van der Waals surface area contributed by atoms with Crippen molar-refractivity contribution in [3.05, 3.63) is 16.3 Å². The second-order valence-electron chi connectivity index (χ2n) is 5.95. The number of carbonyl (C=O) groups excluding carboxylic acids is 3. The lowest BCUT2D eigenvalue weighted by Gasteiger charge is -2.09. The van der Waals surface area contributed by atoms with Crippen LogP contribution in [0, 0.1) is 0 Å². The normalized spacial score (nSPS) is 19.6. The van der Waals surface area contributed by atoms with Crippen LogP contribution in [0.25, 0.3) is 0 Å². The monoisotopic (exact) mass is 336 g/mol. The Morgan fingerprint density at radius 1 is 1.29 bits per heavy atom. The maximum Gasteiger partial charge on any atom is 0.345 e. The lowest BCUT2D eigenvalue weighted by atomic mass is 10.2. The number of urea groups is 1. The van der Waals surface area contributed by atoms with Crippen molar-refractivity contribution in [3.8, 4) is 0 Å². The molecule has 0 spiro atoms. The predicted molar refractivity (Wildman–Crippen MR) is 82.1 cm³/mol. The van der Waals surface area contributed by atoms with E-state index < -0.39 is 18.0 Å². The Hall–Kier alpha value is -2.65. The van der Waals surface area contributed by atoms with E-state index in [1.165, 1.54) is 4.68 Å². The van der Waals surface area contributed by atoms with E-state index in [4.69, 9.17) is 0 Å². The summed E-state index contributed by atoms with van der Waals surface area (Å²) in [6, 6.07) is -1.40. The van der Waals surface area contributed by atoms with Crippen LogP contribution in [-0.2, 0) is 29.1 Å². The van der Waals surface area contributed by atoms with Crippen molar-refractivity contribution in [1.29, 1.82) is 0 Å². The molecule has 0 aromatic carbocycles. The number of nitrogens with zero attached hydrogens (tertiary/aromatic N) is 3. The van der Waals surface area contributed by atoms with E-state index in [-0.39, 0.29) is 18.0 Å². The van der Waals surface area contributed by atoms with Crippen molar-refractivity contribution in [2.75, 3.05) is 6.54 Å². The first-order valence-corrected chi connectivity index (χ1v) is 8.09. The number of hydrogen-bond donors (Lipinski definition) is 3. The SMILES string of the molecule is O=C(C[C@@H]1NC(=O)NC1=O)NCCCn1nc2n(c1=O)CCCC2. The van der Waals surface area contributed by atoms with Gasteiger partial charge < -0.3 is 10.6 Å². The Balaban J connectivity index is 1.42. The molecule has 2 aliphatic rings. The average molecular weight is 336 g/mol. The molecule has 0 unspecified atom stereocenters. The molecule has 0 aliphatic carbocycles. The second kappa shape index (κ2) is 6.85. The number of aryl methyl sites for hydroxylation is 2. The molecular weight excluding hydrogens is 316 g/mol. The van der Waals surface area contributed by atoms with Gasteiger partial charge in [0.15, 0.2) is 0 Å². The summed E-state index contributed by atoms with van der Waals surface area (Å²) < 4.78 is 3.15. The number of imide groups is 1. The molecular formula is C14H20N6O4. The minimum Gasteiger partial charge on any atom is -0.356 e. The molecule has 4 amide bonds. The number of amides is 4. The topological polar surface area (TPSA) is 127 Å². The van der Waals surface area contributed by atoms with Crippen LogP contribution < -0.4 is 21.6 Å². The molecule has 130 valence electrons. The van der Waals surface area contributed by atoms with Crippen LogP contribution in [0.3, 0.4) is 0 Å². The predicted octanol–water partition coefficient (Wildman–Crippen LogP) is -1.51. The van der Waals surface area contributed by atoms with Crippen LogP contribution in [0.4, 0.5) is 4.79 Å². The van der Waals surface area contributed by atoms with E-state index in [0.29, 0.717) is 19.5 Å². The standard InChI is InChI=1S/C14H20N6O4/c21-11(8-9-12(22)17-13(23)16-9)15-5-3-7-20-14(24)19-6-2-1-4-10(19)18-20/h9H,1-8H2,(H,15,21)(H2,16,17,22,23)/t9-/m0/s1. The molecule has 10 nitrogen and oxygen atoms in total. The summed E-state index contributed by atoms with van der Waals surface area (Å²) in [4.78, 5) is 46.2. The summed E-state index contributed by atoms with van der Waals surface area (Å²) in [6.45, 7) is 1.52. The molecule has 3 heterocycles. The van der Waals surface area contributed by atoms with Gasteiger partial charge in [-0.15, -0.1) is 0 Å².